The lowest BCUT2D eigenvalue weighted by Gasteiger charge is -2.28. The maximum absolute atomic E-state index is 13.3. The monoisotopic (exact) mass is 925 g/mol. The van der Waals surface area contributed by atoms with Gasteiger partial charge < -0.3 is 56.5 Å². The quantitative estimate of drug-likeness (QED) is 0.0267. The molecule has 0 aliphatic rings. The summed E-state index contributed by atoms with van der Waals surface area (Å²) >= 11 is 14.0. The van der Waals surface area contributed by atoms with Crippen molar-refractivity contribution >= 4 is 92.9 Å². The number of carboxylic acid groups (broad SMARTS) is 2. The van der Waals surface area contributed by atoms with Crippen LogP contribution >= 0.6 is 39.1 Å². The van der Waals surface area contributed by atoms with E-state index in [-0.39, 0.29) is 120 Å². The van der Waals surface area contributed by atoms with Gasteiger partial charge in [0, 0.05) is 65.1 Å². The van der Waals surface area contributed by atoms with Crippen molar-refractivity contribution in [3.8, 4) is 0 Å². The number of hydrogen-bond acceptors (Lipinski definition) is 11. The number of rotatable bonds is 30. The molecule has 0 aliphatic carbocycles. The third-order valence-corrected chi connectivity index (χ3v) is 7.34. The van der Waals surface area contributed by atoms with Crippen LogP contribution in [0.25, 0.3) is 0 Å². The van der Waals surface area contributed by atoms with Crippen LogP contribution in [0.3, 0.4) is 0 Å². The van der Waals surface area contributed by atoms with E-state index in [9.17, 15) is 38.4 Å². The molecule has 1 unspecified atom stereocenters. The van der Waals surface area contributed by atoms with Crippen molar-refractivity contribution in [2.24, 2.45) is 0 Å². The molecule has 8 N–H and O–H groups in total. The van der Waals surface area contributed by atoms with Crippen LogP contribution in [0, 0.1) is 0 Å². The van der Waals surface area contributed by atoms with E-state index in [1.165, 1.54) is 4.90 Å². The second-order valence-corrected chi connectivity index (χ2v) is 11.6. The Labute approximate surface area is 353 Å². The number of nitrogens with one attached hydrogen (secondary N) is 6. The van der Waals surface area contributed by atoms with Gasteiger partial charge in [0.25, 0.3) is 6.47 Å². The van der Waals surface area contributed by atoms with Gasteiger partial charge in [0.05, 0.1) is 25.2 Å². The minimum Gasteiger partial charge on any atom is -0.483 e. The maximum Gasteiger partial charge on any atom is 0.303 e. The minimum absolute atomic E-state index is 0.00184. The minimum atomic E-state index is -1.20. The number of hydrogen-bond donors (Lipinski definition) is 8. The van der Waals surface area contributed by atoms with Crippen molar-refractivity contribution in [1.82, 2.24) is 36.8 Å². The lowest BCUT2D eigenvalue weighted by atomic mass is 10.1. The van der Waals surface area contributed by atoms with E-state index in [2.05, 4.69) is 47.8 Å². The van der Waals surface area contributed by atoms with E-state index in [0.717, 1.165) is 0 Å². The SMILES string of the molecule is CC.CC.O=C(O)CCC(NC(=O)CCCNC(=O)COCCOCCNC(=O)CCCNC(=O)CBr)C(=O)N(CCNC(=O)CCl)CCNC(=O)CCl.O=CO. The number of ether oxygens (including phenoxy) is 2. The molecule has 332 valence electrons. The molecule has 57 heavy (non-hydrogen) atoms. The van der Waals surface area contributed by atoms with Crippen molar-refractivity contribution in [3.63, 3.8) is 0 Å². The molecule has 0 aliphatic heterocycles. The second-order valence-electron chi connectivity index (χ2n) is 10.5. The average molecular weight is 928 g/mol. The summed E-state index contributed by atoms with van der Waals surface area (Å²) in [5, 5.41) is 31.8. The van der Waals surface area contributed by atoms with Gasteiger partial charge in [0.15, 0.2) is 0 Å². The number of carboxylic acids is 1. The summed E-state index contributed by atoms with van der Waals surface area (Å²) in [6.07, 6.45) is 0.323. The Kier molecular flexibility index (Phi) is 47.2. The number of amides is 7. The Morgan fingerprint density at radius 2 is 1.11 bits per heavy atom. The molecular weight excluding hydrogens is 865 g/mol. The van der Waals surface area contributed by atoms with Gasteiger partial charge in [0.1, 0.15) is 24.4 Å². The van der Waals surface area contributed by atoms with Gasteiger partial charge in [-0.25, -0.2) is 0 Å². The Morgan fingerprint density at radius 3 is 1.60 bits per heavy atom. The fraction of sp³-hybridized carbons (Fsp3) is 0.735. The van der Waals surface area contributed by atoms with Crippen molar-refractivity contribution < 1.29 is 62.8 Å². The molecule has 0 aromatic rings. The van der Waals surface area contributed by atoms with Gasteiger partial charge in [-0.2, -0.15) is 0 Å². The number of halogens is 3. The molecule has 0 spiro atoms. The van der Waals surface area contributed by atoms with Gasteiger partial charge in [0.2, 0.25) is 41.4 Å². The number of carbonyl (C=O) groups excluding carboxylic acids is 7. The summed E-state index contributed by atoms with van der Waals surface area (Å²) in [7, 11) is 0. The summed E-state index contributed by atoms with van der Waals surface area (Å²) < 4.78 is 10.6. The van der Waals surface area contributed by atoms with Crippen molar-refractivity contribution in [2.45, 2.75) is 72.3 Å². The standard InChI is InChI=1S/C29H48BrCl2N7O11.2C2H6.CH2O2/c30-17-24(42)33-7-1-3-22(40)37-11-14-49-15-16-50-20-27(45)34-8-2-4-23(41)38-21(5-6-28(46)47)29(48)39(12-9-35-25(43)18-31)13-10-36-26(44)19-32;2*1-2;2-1-3/h21H,1-20H2,(H,33,42)(H,34,45)(H,35,43)(H,36,44)(H,37,40)(H,38,41)(H,46,47);2*1-2H3;1H,(H,2,3). The van der Waals surface area contributed by atoms with Crippen LogP contribution in [0.2, 0.25) is 0 Å². The first-order valence-corrected chi connectivity index (χ1v) is 20.6. The first-order valence-electron chi connectivity index (χ1n) is 18.4. The molecule has 0 radical (unpaired) electrons. The summed E-state index contributed by atoms with van der Waals surface area (Å²) in [4.78, 5) is 105. The fourth-order valence-electron chi connectivity index (χ4n) is 3.89. The Morgan fingerprint density at radius 1 is 0.649 bits per heavy atom. The summed E-state index contributed by atoms with van der Waals surface area (Å²) in [6, 6.07) is -1.20. The molecule has 0 aromatic heterocycles. The Hall–Kier alpha value is -3.79. The highest BCUT2D eigenvalue weighted by molar-refractivity contribution is 9.09. The fourth-order valence-corrected chi connectivity index (χ4v) is 4.27. The number of alkyl halides is 3. The summed E-state index contributed by atoms with van der Waals surface area (Å²) in [5.74, 6) is -4.54. The lowest BCUT2D eigenvalue weighted by molar-refractivity contribution is -0.140. The van der Waals surface area contributed by atoms with Crippen molar-refractivity contribution in [3.05, 3.63) is 0 Å². The third kappa shape index (κ3) is 41.7. The largest absolute Gasteiger partial charge is 0.483 e. The number of aliphatic carboxylic acids is 1. The smallest absolute Gasteiger partial charge is 0.303 e. The molecule has 0 saturated carbocycles. The van der Waals surface area contributed by atoms with Gasteiger partial charge in [-0.3, -0.25) is 43.2 Å². The average Bonchev–Trinajstić information content (AvgIpc) is 3.21. The molecule has 1 atom stereocenters. The van der Waals surface area contributed by atoms with Crippen LogP contribution in [0.4, 0.5) is 0 Å². The molecular formula is C34H62BrCl2N7O13. The molecule has 0 fully saturated rings. The molecule has 7 amide bonds. The zero-order chi connectivity index (χ0) is 44.3. The van der Waals surface area contributed by atoms with Crippen LogP contribution in [-0.4, -0.2) is 164 Å². The van der Waals surface area contributed by atoms with Crippen molar-refractivity contribution in [1.29, 1.82) is 0 Å². The summed E-state index contributed by atoms with van der Waals surface area (Å²) in [5.41, 5.74) is 0. The van der Waals surface area contributed by atoms with Gasteiger partial charge in [-0.05, 0) is 19.3 Å². The molecule has 23 heteroatoms. The molecule has 0 saturated heterocycles. The highest BCUT2D eigenvalue weighted by atomic mass is 79.9. The molecule has 0 bridgehead atoms. The van der Waals surface area contributed by atoms with Crippen LogP contribution in [0.15, 0.2) is 0 Å². The Bertz CT molecular complexity index is 1120. The van der Waals surface area contributed by atoms with Crippen LogP contribution in [-0.2, 0) is 52.6 Å². The Balaban J connectivity index is -0.00000187. The van der Waals surface area contributed by atoms with Gasteiger partial charge in [-0.1, -0.05) is 43.6 Å². The van der Waals surface area contributed by atoms with E-state index < -0.39 is 48.0 Å². The zero-order valence-corrected chi connectivity index (χ0v) is 36.4. The topological polar surface area (TPSA) is 288 Å². The first kappa shape index (κ1) is 59.9. The molecule has 0 aromatic carbocycles. The highest BCUT2D eigenvalue weighted by Gasteiger charge is 2.26. The maximum atomic E-state index is 13.3. The van der Waals surface area contributed by atoms with Gasteiger partial charge >= 0.3 is 5.97 Å². The summed E-state index contributed by atoms with van der Waals surface area (Å²) in [6.45, 7) is 9.00. The predicted octanol–water partition coefficient (Wildman–Crippen LogP) is -0.0351. The zero-order valence-electron chi connectivity index (χ0n) is 33.3. The normalized spacial score (nSPS) is 10.2. The van der Waals surface area contributed by atoms with Crippen molar-refractivity contribution in [2.75, 3.05) is 89.3 Å². The van der Waals surface area contributed by atoms with Crippen LogP contribution < -0.4 is 31.9 Å². The predicted molar refractivity (Wildman–Crippen MR) is 217 cm³/mol. The molecule has 0 heterocycles. The third-order valence-electron chi connectivity index (χ3n) is 6.34. The number of nitrogens with zero attached hydrogens (tertiary/aromatic N) is 1. The van der Waals surface area contributed by atoms with E-state index >= 15 is 0 Å². The molecule has 0 rings (SSSR count). The number of carbonyl (C=O) groups is 9. The van der Waals surface area contributed by atoms with Gasteiger partial charge in [-0.15, -0.1) is 23.2 Å². The first-order chi connectivity index (χ1) is 27.3. The van der Waals surface area contributed by atoms with Crippen LogP contribution in [0.5, 0.6) is 0 Å². The highest BCUT2D eigenvalue weighted by Crippen LogP contribution is 2.05. The molecule has 20 nitrogen and oxygen atoms in total. The van der Waals surface area contributed by atoms with Crippen LogP contribution in [0.1, 0.15) is 66.2 Å². The van der Waals surface area contributed by atoms with E-state index in [1.54, 1.807) is 0 Å². The van der Waals surface area contributed by atoms with E-state index in [4.69, 9.17) is 47.7 Å². The van der Waals surface area contributed by atoms with E-state index in [0.29, 0.717) is 19.5 Å². The second kappa shape index (κ2) is 44.9. The lowest BCUT2D eigenvalue weighted by Crippen LogP contribution is -2.52. The van der Waals surface area contributed by atoms with E-state index in [1.807, 2.05) is 27.7 Å².